The Balaban J connectivity index is 1.64. The SMILES string of the molecule is COCCOc1ccc(NC(=O)c2ccc3cc[nH]c3c2)cn1. The van der Waals surface area contributed by atoms with Gasteiger partial charge in [-0.1, -0.05) is 6.07 Å². The quantitative estimate of drug-likeness (QED) is 0.686. The molecule has 0 aliphatic heterocycles. The normalized spacial score (nSPS) is 10.7. The lowest BCUT2D eigenvalue weighted by atomic mass is 10.1. The molecule has 118 valence electrons. The zero-order chi connectivity index (χ0) is 16.1. The third kappa shape index (κ3) is 3.67. The van der Waals surface area contributed by atoms with Gasteiger partial charge >= 0.3 is 0 Å². The number of rotatable bonds is 6. The van der Waals surface area contributed by atoms with Gasteiger partial charge in [-0.2, -0.15) is 0 Å². The van der Waals surface area contributed by atoms with Crippen LogP contribution in [-0.2, 0) is 4.74 Å². The number of hydrogen-bond acceptors (Lipinski definition) is 4. The largest absolute Gasteiger partial charge is 0.475 e. The number of aromatic nitrogens is 2. The molecule has 6 heteroatoms. The van der Waals surface area contributed by atoms with Crippen molar-refractivity contribution in [3.8, 4) is 5.88 Å². The van der Waals surface area contributed by atoms with E-state index < -0.39 is 0 Å². The van der Waals surface area contributed by atoms with E-state index >= 15 is 0 Å². The molecule has 0 unspecified atom stereocenters. The first-order chi connectivity index (χ1) is 11.3. The number of carbonyl (C=O) groups is 1. The molecule has 0 saturated heterocycles. The highest BCUT2D eigenvalue weighted by Crippen LogP contribution is 2.16. The Morgan fingerprint density at radius 2 is 2.13 bits per heavy atom. The van der Waals surface area contributed by atoms with Gasteiger partial charge in [0.2, 0.25) is 5.88 Å². The Labute approximate surface area is 133 Å². The van der Waals surface area contributed by atoms with Crippen LogP contribution in [0.15, 0.2) is 48.8 Å². The van der Waals surface area contributed by atoms with Crippen LogP contribution in [0.5, 0.6) is 5.88 Å². The smallest absolute Gasteiger partial charge is 0.255 e. The first-order valence-electron chi connectivity index (χ1n) is 7.22. The van der Waals surface area contributed by atoms with Crippen LogP contribution in [0.25, 0.3) is 10.9 Å². The number of hydrogen-bond donors (Lipinski definition) is 2. The van der Waals surface area contributed by atoms with Gasteiger partial charge < -0.3 is 19.8 Å². The predicted octanol–water partition coefficient (Wildman–Crippen LogP) is 2.84. The number of ether oxygens (including phenoxy) is 2. The van der Waals surface area contributed by atoms with E-state index in [4.69, 9.17) is 9.47 Å². The highest BCUT2D eigenvalue weighted by atomic mass is 16.5. The number of H-pyrrole nitrogens is 1. The number of methoxy groups -OCH3 is 1. The summed E-state index contributed by atoms with van der Waals surface area (Å²) >= 11 is 0. The lowest BCUT2D eigenvalue weighted by Gasteiger charge is -2.07. The maximum atomic E-state index is 12.3. The van der Waals surface area contributed by atoms with E-state index in [1.165, 1.54) is 0 Å². The molecule has 1 aromatic carbocycles. The Hall–Kier alpha value is -2.86. The first kappa shape index (κ1) is 15.1. The molecule has 0 aliphatic rings. The molecular formula is C17H17N3O3. The standard InChI is InChI=1S/C17H17N3O3/c1-22-8-9-23-16-5-4-14(11-19-16)20-17(21)13-3-2-12-6-7-18-15(12)10-13/h2-7,10-11,18H,8-9H2,1H3,(H,20,21). The lowest BCUT2D eigenvalue weighted by Crippen LogP contribution is -2.12. The number of amides is 1. The van der Waals surface area contributed by atoms with Crippen molar-refractivity contribution in [2.75, 3.05) is 25.6 Å². The fourth-order valence-electron chi connectivity index (χ4n) is 2.16. The topological polar surface area (TPSA) is 76.2 Å². The summed E-state index contributed by atoms with van der Waals surface area (Å²) in [6, 6.07) is 10.9. The van der Waals surface area contributed by atoms with Crippen molar-refractivity contribution in [3.63, 3.8) is 0 Å². The molecule has 23 heavy (non-hydrogen) atoms. The summed E-state index contributed by atoms with van der Waals surface area (Å²) in [5.74, 6) is 0.309. The number of aromatic amines is 1. The number of carbonyl (C=O) groups excluding carboxylic acids is 1. The number of pyridine rings is 1. The van der Waals surface area contributed by atoms with Gasteiger partial charge in [-0.05, 0) is 29.7 Å². The third-order valence-corrected chi connectivity index (χ3v) is 3.35. The maximum Gasteiger partial charge on any atom is 0.255 e. The van der Waals surface area contributed by atoms with Crippen LogP contribution in [-0.4, -0.2) is 36.2 Å². The Bertz CT molecular complexity index is 796. The van der Waals surface area contributed by atoms with Crippen molar-refractivity contribution in [2.24, 2.45) is 0 Å². The van der Waals surface area contributed by atoms with Crippen LogP contribution in [0, 0.1) is 0 Å². The Morgan fingerprint density at radius 1 is 1.22 bits per heavy atom. The summed E-state index contributed by atoms with van der Waals surface area (Å²) < 4.78 is 10.3. The Morgan fingerprint density at radius 3 is 2.91 bits per heavy atom. The second-order valence-corrected chi connectivity index (χ2v) is 4.96. The molecule has 0 saturated carbocycles. The van der Waals surface area contributed by atoms with Crippen LogP contribution in [0.4, 0.5) is 5.69 Å². The van der Waals surface area contributed by atoms with Crippen LogP contribution >= 0.6 is 0 Å². The monoisotopic (exact) mass is 311 g/mol. The van der Waals surface area contributed by atoms with Gasteiger partial charge in [-0.3, -0.25) is 4.79 Å². The molecule has 2 aromatic heterocycles. The van der Waals surface area contributed by atoms with E-state index in [2.05, 4.69) is 15.3 Å². The molecule has 1 amide bonds. The minimum absolute atomic E-state index is 0.184. The zero-order valence-electron chi connectivity index (χ0n) is 12.7. The van der Waals surface area contributed by atoms with E-state index in [1.807, 2.05) is 24.4 Å². The first-order valence-corrected chi connectivity index (χ1v) is 7.22. The summed E-state index contributed by atoms with van der Waals surface area (Å²) in [4.78, 5) is 19.5. The molecule has 3 aromatic rings. The summed E-state index contributed by atoms with van der Waals surface area (Å²) in [5, 5.41) is 3.88. The van der Waals surface area contributed by atoms with Crippen molar-refractivity contribution in [3.05, 3.63) is 54.4 Å². The van der Waals surface area contributed by atoms with Gasteiger partial charge in [-0.15, -0.1) is 0 Å². The van der Waals surface area contributed by atoms with Crippen molar-refractivity contribution >= 4 is 22.5 Å². The summed E-state index contributed by atoms with van der Waals surface area (Å²) in [7, 11) is 1.61. The van der Waals surface area contributed by atoms with Crippen molar-refractivity contribution in [2.45, 2.75) is 0 Å². The molecule has 0 spiro atoms. The van der Waals surface area contributed by atoms with Crippen molar-refractivity contribution in [1.82, 2.24) is 9.97 Å². The minimum atomic E-state index is -0.184. The van der Waals surface area contributed by atoms with Crippen LogP contribution < -0.4 is 10.1 Å². The van der Waals surface area contributed by atoms with Gasteiger partial charge in [-0.25, -0.2) is 4.98 Å². The van der Waals surface area contributed by atoms with Crippen LogP contribution in [0.2, 0.25) is 0 Å². The van der Waals surface area contributed by atoms with Gasteiger partial charge in [0.05, 0.1) is 18.5 Å². The van der Waals surface area contributed by atoms with Crippen LogP contribution in [0.1, 0.15) is 10.4 Å². The second kappa shape index (κ2) is 6.93. The number of nitrogens with zero attached hydrogens (tertiary/aromatic N) is 1. The number of anilines is 1. The van der Waals surface area contributed by atoms with E-state index in [1.54, 1.807) is 31.5 Å². The molecule has 6 nitrogen and oxygen atoms in total. The zero-order valence-corrected chi connectivity index (χ0v) is 12.7. The van der Waals surface area contributed by atoms with Crippen molar-refractivity contribution < 1.29 is 14.3 Å². The fourth-order valence-corrected chi connectivity index (χ4v) is 2.16. The molecule has 0 aliphatic carbocycles. The lowest BCUT2D eigenvalue weighted by molar-refractivity contribution is 0.102. The Kier molecular flexibility index (Phi) is 4.54. The molecule has 0 atom stereocenters. The molecule has 2 N–H and O–H groups in total. The highest BCUT2D eigenvalue weighted by molar-refractivity contribution is 6.06. The number of nitrogens with one attached hydrogen (secondary N) is 2. The van der Waals surface area contributed by atoms with E-state index in [9.17, 15) is 4.79 Å². The second-order valence-electron chi connectivity index (χ2n) is 4.96. The van der Waals surface area contributed by atoms with E-state index in [-0.39, 0.29) is 5.91 Å². The van der Waals surface area contributed by atoms with Gasteiger partial charge in [0, 0.05) is 30.5 Å². The van der Waals surface area contributed by atoms with E-state index in [0.717, 1.165) is 10.9 Å². The van der Waals surface area contributed by atoms with Crippen molar-refractivity contribution in [1.29, 1.82) is 0 Å². The minimum Gasteiger partial charge on any atom is -0.475 e. The number of benzene rings is 1. The summed E-state index contributed by atoms with van der Waals surface area (Å²) in [6.07, 6.45) is 3.41. The van der Waals surface area contributed by atoms with Gasteiger partial charge in [0.25, 0.3) is 5.91 Å². The molecular weight excluding hydrogens is 294 g/mol. The molecule has 0 bridgehead atoms. The molecule has 0 fully saturated rings. The van der Waals surface area contributed by atoms with Crippen LogP contribution in [0.3, 0.4) is 0 Å². The summed E-state index contributed by atoms with van der Waals surface area (Å²) in [6.45, 7) is 0.937. The average Bonchev–Trinajstić information content (AvgIpc) is 3.04. The highest BCUT2D eigenvalue weighted by Gasteiger charge is 2.08. The predicted molar refractivity (Wildman–Crippen MR) is 87.9 cm³/mol. The van der Waals surface area contributed by atoms with Gasteiger partial charge in [0.1, 0.15) is 6.61 Å². The molecule has 2 heterocycles. The fraction of sp³-hybridized carbons (Fsp3) is 0.176. The maximum absolute atomic E-state index is 12.3. The summed E-state index contributed by atoms with van der Waals surface area (Å²) in [5.41, 5.74) is 2.12. The molecule has 0 radical (unpaired) electrons. The molecule has 3 rings (SSSR count). The third-order valence-electron chi connectivity index (χ3n) is 3.35. The number of fused-ring (bicyclic) bond motifs is 1. The van der Waals surface area contributed by atoms with E-state index in [0.29, 0.717) is 30.3 Å². The van der Waals surface area contributed by atoms with Gasteiger partial charge in [0.15, 0.2) is 0 Å². The average molecular weight is 311 g/mol.